The van der Waals surface area contributed by atoms with Crippen LogP contribution in [0.3, 0.4) is 0 Å². The van der Waals surface area contributed by atoms with E-state index in [2.05, 4.69) is 27.9 Å². The molecule has 0 saturated carbocycles. The molecule has 3 aromatic rings. The topological polar surface area (TPSA) is 75.6 Å². The van der Waals surface area contributed by atoms with Crippen molar-refractivity contribution in [3.05, 3.63) is 105 Å². The minimum atomic E-state index is -1.22. The molecule has 0 unspecified atom stereocenters. The highest BCUT2D eigenvalue weighted by Crippen LogP contribution is 2.18. The average Bonchev–Trinajstić information content (AvgIpc) is 2.72. The van der Waals surface area contributed by atoms with E-state index >= 15 is 0 Å². The van der Waals surface area contributed by atoms with Crippen molar-refractivity contribution >= 4 is 40.5 Å². The number of carbonyl (C=O) groups excluding carboxylic acids is 1. The fourth-order valence-electron chi connectivity index (χ4n) is 2.59. The van der Waals surface area contributed by atoms with E-state index in [9.17, 15) is 14.7 Å². The number of halogens is 1. The third-order valence-electron chi connectivity index (χ3n) is 3.98. The third-order valence-corrected chi connectivity index (χ3v) is 4.65. The van der Waals surface area contributed by atoms with Crippen LogP contribution in [0.15, 0.2) is 84.6 Å². The SMILES string of the molecule is O=C(O)/C(=C\c1cccc(OCc2cccc(I)c2)c1)NC(=O)c1ccccc1. The number of benzene rings is 3. The van der Waals surface area contributed by atoms with Crippen LogP contribution in [-0.2, 0) is 11.4 Å². The van der Waals surface area contributed by atoms with Gasteiger partial charge in [-0.25, -0.2) is 4.79 Å². The first-order valence-electron chi connectivity index (χ1n) is 8.80. The van der Waals surface area contributed by atoms with Crippen LogP contribution in [0.2, 0.25) is 0 Å². The summed E-state index contributed by atoms with van der Waals surface area (Å²) in [6, 6.07) is 23.5. The van der Waals surface area contributed by atoms with E-state index in [0.29, 0.717) is 23.5 Å². The predicted molar refractivity (Wildman–Crippen MR) is 119 cm³/mol. The van der Waals surface area contributed by atoms with Gasteiger partial charge in [-0.2, -0.15) is 0 Å². The van der Waals surface area contributed by atoms with E-state index in [0.717, 1.165) is 9.13 Å². The smallest absolute Gasteiger partial charge is 0.352 e. The molecule has 3 rings (SSSR count). The lowest BCUT2D eigenvalue weighted by Crippen LogP contribution is -2.27. The zero-order valence-electron chi connectivity index (χ0n) is 15.3. The Balaban J connectivity index is 1.73. The lowest BCUT2D eigenvalue weighted by Gasteiger charge is -2.09. The first kappa shape index (κ1) is 20.6. The van der Waals surface area contributed by atoms with Crippen molar-refractivity contribution in [2.75, 3.05) is 0 Å². The van der Waals surface area contributed by atoms with Gasteiger partial charge in [0.1, 0.15) is 18.1 Å². The second-order valence-electron chi connectivity index (χ2n) is 6.17. The summed E-state index contributed by atoms with van der Waals surface area (Å²) in [5.41, 5.74) is 1.82. The number of carboxylic acids is 1. The quantitative estimate of drug-likeness (QED) is 0.364. The molecule has 0 radical (unpaired) electrons. The Bertz CT molecular complexity index is 1050. The molecule has 0 bridgehead atoms. The highest BCUT2D eigenvalue weighted by molar-refractivity contribution is 14.1. The largest absolute Gasteiger partial charge is 0.489 e. The number of carboxylic acid groups (broad SMARTS) is 1. The lowest BCUT2D eigenvalue weighted by molar-refractivity contribution is -0.132. The van der Waals surface area contributed by atoms with Crippen LogP contribution in [0.25, 0.3) is 6.08 Å². The fourth-order valence-corrected chi connectivity index (χ4v) is 3.20. The van der Waals surface area contributed by atoms with Crippen LogP contribution >= 0.6 is 22.6 Å². The molecule has 0 aliphatic carbocycles. The number of hydrogen-bond donors (Lipinski definition) is 2. The molecule has 0 fully saturated rings. The first-order valence-corrected chi connectivity index (χ1v) is 9.88. The van der Waals surface area contributed by atoms with E-state index < -0.39 is 11.9 Å². The van der Waals surface area contributed by atoms with Crippen molar-refractivity contribution in [2.45, 2.75) is 6.61 Å². The summed E-state index contributed by atoms with van der Waals surface area (Å²) in [5, 5.41) is 11.9. The van der Waals surface area contributed by atoms with Crippen LogP contribution in [0.1, 0.15) is 21.5 Å². The molecule has 5 nitrogen and oxygen atoms in total. The number of amides is 1. The van der Waals surface area contributed by atoms with Crippen molar-refractivity contribution in [3.63, 3.8) is 0 Å². The highest BCUT2D eigenvalue weighted by atomic mass is 127. The van der Waals surface area contributed by atoms with Gasteiger partial charge in [0.05, 0.1) is 0 Å². The standard InChI is InChI=1S/C23H18INO4/c24-19-10-4-7-17(12-19)15-29-20-11-5-6-16(13-20)14-21(23(27)28)25-22(26)18-8-2-1-3-9-18/h1-14H,15H2,(H,25,26)(H,27,28)/b21-14+. The van der Waals surface area contributed by atoms with Crippen molar-refractivity contribution in [2.24, 2.45) is 0 Å². The van der Waals surface area contributed by atoms with Crippen LogP contribution < -0.4 is 10.1 Å². The van der Waals surface area contributed by atoms with E-state index in [-0.39, 0.29) is 5.70 Å². The van der Waals surface area contributed by atoms with Gasteiger partial charge in [-0.3, -0.25) is 4.79 Å². The summed E-state index contributed by atoms with van der Waals surface area (Å²) in [6.45, 7) is 0.403. The molecule has 3 aromatic carbocycles. The maximum atomic E-state index is 12.3. The van der Waals surface area contributed by atoms with Gasteiger partial charge in [0.25, 0.3) is 5.91 Å². The summed E-state index contributed by atoms with van der Waals surface area (Å²) in [5.74, 6) is -1.10. The Morgan fingerprint density at radius 2 is 1.72 bits per heavy atom. The molecule has 0 atom stereocenters. The average molecular weight is 499 g/mol. The van der Waals surface area contributed by atoms with Crippen molar-refractivity contribution in [1.29, 1.82) is 0 Å². The second-order valence-corrected chi connectivity index (χ2v) is 7.42. The number of hydrogen-bond acceptors (Lipinski definition) is 3. The van der Waals surface area contributed by atoms with Gasteiger partial charge >= 0.3 is 5.97 Å². The number of nitrogens with one attached hydrogen (secondary N) is 1. The van der Waals surface area contributed by atoms with Gasteiger partial charge in [0.15, 0.2) is 0 Å². The molecule has 29 heavy (non-hydrogen) atoms. The minimum absolute atomic E-state index is 0.214. The molecule has 0 aromatic heterocycles. The molecular formula is C23H18INO4. The van der Waals surface area contributed by atoms with Crippen LogP contribution in [0.5, 0.6) is 5.75 Å². The Labute approximate surface area is 182 Å². The third kappa shape index (κ3) is 6.18. The minimum Gasteiger partial charge on any atom is -0.489 e. The summed E-state index contributed by atoms with van der Waals surface area (Å²) in [6.07, 6.45) is 1.40. The summed E-state index contributed by atoms with van der Waals surface area (Å²) in [7, 11) is 0. The number of aliphatic carboxylic acids is 1. The first-order chi connectivity index (χ1) is 14.0. The van der Waals surface area contributed by atoms with E-state index in [1.54, 1.807) is 54.6 Å². The molecular weight excluding hydrogens is 481 g/mol. The van der Waals surface area contributed by atoms with Crippen molar-refractivity contribution in [1.82, 2.24) is 5.32 Å². The van der Waals surface area contributed by atoms with E-state index in [1.165, 1.54) is 6.08 Å². The van der Waals surface area contributed by atoms with Gasteiger partial charge in [-0.1, -0.05) is 42.5 Å². The maximum absolute atomic E-state index is 12.3. The molecule has 1 amide bonds. The Kier molecular flexibility index (Phi) is 7.02. The van der Waals surface area contributed by atoms with Gasteiger partial charge < -0.3 is 15.2 Å². The van der Waals surface area contributed by atoms with Crippen molar-refractivity contribution < 1.29 is 19.4 Å². The molecule has 0 saturated heterocycles. The fraction of sp³-hybridized carbons (Fsp3) is 0.0435. The lowest BCUT2D eigenvalue weighted by atomic mass is 10.1. The van der Waals surface area contributed by atoms with E-state index in [4.69, 9.17) is 4.74 Å². The highest BCUT2D eigenvalue weighted by Gasteiger charge is 2.13. The molecule has 0 aliphatic rings. The summed E-state index contributed by atoms with van der Waals surface area (Å²) < 4.78 is 6.94. The Hall–Kier alpha value is -3.13. The monoisotopic (exact) mass is 499 g/mol. The number of carbonyl (C=O) groups is 2. The molecule has 0 heterocycles. The maximum Gasteiger partial charge on any atom is 0.352 e. The Morgan fingerprint density at radius 3 is 2.45 bits per heavy atom. The van der Waals surface area contributed by atoms with Gasteiger partial charge in [-0.15, -0.1) is 0 Å². The van der Waals surface area contributed by atoms with E-state index in [1.807, 2.05) is 24.3 Å². The molecule has 0 aliphatic heterocycles. The molecule has 146 valence electrons. The summed E-state index contributed by atoms with van der Waals surface area (Å²) >= 11 is 2.24. The van der Waals surface area contributed by atoms with Gasteiger partial charge in [0, 0.05) is 9.13 Å². The normalized spacial score (nSPS) is 11.0. The Morgan fingerprint density at radius 1 is 0.966 bits per heavy atom. The number of ether oxygens (including phenoxy) is 1. The van der Waals surface area contributed by atoms with Crippen LogP contribution in [-0.4, -0.2) is 17.0 Å². The summed E-state index contributed by atoms with van der Waals surface area (Å²) in [4.78, 5) is 23.8. The molecule has 0 spiro atoms. The van der Waals surface area contributed by atoms with Crippen LogP contribution in [0.4, 0.5) is 0 Å². The van der Waals surface area contributed by atoms with Crippen LogP contribution in [0, 0.1) is 3.57 Å². The zero-order chi connectivity index (χ0) is 20.6. The van der Waals surface area contributed by atoms with Crippen molar-refractivity contribution in [3.8, 4) is 5.75 Å². The molecule has 2 N–H and O–H groups in total. The zero-order valence-corrected chi connectivity index (χ0v) is 17.5. The number of rotatable bonds is 7. The predicted octanol–water partition coefficient (Wildman–Crippen LogP) is 4.73. The molecule has 6 heteroatoms. The second kappa shape index (κ2) is 9.88. The van der Waals surface area contributed by atoms with Gasteiger partial charge in [0.2, 0.25) is 0 Å². The van der Waals surface area contributed by atoms with Gasteiger partial charge in [-0.05, 0) is 76.2 Å².